The van der Waals surface area contributed by atoms with Gasteiger partial charge < -0.3 is 15.7 Å². The lowest BCUT2D eigenvalue weighted by Gasteiger charge is -2.29. The summed E-state index contributed by atoms with van der Waals surface area (Å²) >= 11 is 0. The van der Waals surface area contributed by atoms with E-state index in [0.29, 0.717) is 5.92 Å². The standard InChI is InChI=1S/C13H22N2O3/c1-9(10-4-5-10)14-12(18)15-13(8-11(16)17)6-2-3-7-13/h9-10H,2-8H2,1H3,(H,16,17)(H2,14,15,18). The molecule has 0 saturated heterocycles. The van der Waals surface area contributed by atoms with Gasteiger partial charge in [0.25, 0.3) is 0 Å². The van der Waals surface area contributed by atoms with Gasteiger partial charge in [0.1, 0.15) is 0 Å². The largest absolute Gasteiger partial charge is 0.481 e. The van der Waals surface area contributed by atoms with Gasteiger partial charge in [0.2, 0.25) is 0 Å². The Balaban J connectivity index is 1.87. The van der Waals surface area contributed by atoms with Crippen LogP contribution >= 0.6 is 0 Å². The zero-order chi connectivity index (χ0) is 13.2. The third kappa shape index (κ3) is 3.37. The van der Waals surface area contributed by atoms with Crippen LogP contribution in [0.4, 0.5) is 4.79 Å². The maximum Gasteiger partial charge on any atom is 0.315 e. The van der Waals surface area contributed by atoms with Crippen LogP contribution in [0.3, 0.4) is 0 Å². The molecule has 2 amide bonds. The van der Waals surface area contributed by atoms with Crippen molar-refractivity contribution in [1.82, 2.24) is 10.6 Å². The monoisotopic (exact) mass is 254 g/mol. The molecule has 5 heteroatoms. The Kier molecular flexibility index (Phi) is 3.78. The van der Waals surface area contributed by atoms with Crippen molar-refractivity contribution in [2.45, 2.75) is 63.5 Å². The topological polar surface area (TPSA) is 78.4 Å². The lowest BCUT2D eigenvalue weighted by Crippen LogP contribution is -2.53. The van der Waals surface area contributed by atoms with E-state index in [2.05, 4.69) is 10.6 Å². The second-order valence-electron chi connectivity index (χ2n) is 5.78. The molecule has 2 saturated carbocycles. The number of amides is 2. The zero-order valence-corrected chi connectivity index (χ0v) is 10.9. The van der Waals surface area contributed by atoms with Crippen LogP contribution in [0, 0.1) is 5.92 Å². The highest BCUT2D eigenvalue weighted by Crippen LogP contribution is 2.34. The number of carboxylic acid groups (broad SMARTS) is 1. The first-order valence-corrected chi connectivity index (χ1v) is 6.81. The minimum Gasteiger partial charge on any atom is -0.481 e. The van der Waals surface area contributed by atoms with Gasteiger partial charge in [0.15, 0.2) is 0 Å². The van der Waals surface area contributed by atoms with E-state index in [1.165, 1.54) is 12.8 Å². The van der Waals surface area contributed by atoms with Crippen molar-refractivity contribution >= 4 is 12.0 Å². The molecule has 0 aromatic heterocycles. The molecule has 1 atom stereocenters. The average Bonchev–Trinajstić information content (AvgIpc) is 3.01. The van der Waals surface area contributed by atoms with Crippen LogP contribution in [0.15, 0.2) is 0 Å². The summed E-state index contributed by atoms with van der Waals surface area (Å²) in [6.07, 6.45) is 5.91. The maximum atomic E-state index is 11.9. The Morgan fingerprint density at radius 2 is 1.94 bits per heavy atom. The fourth-order valence-corrected chi connectivity index (χ4v) is 2.89. The highest BCUT2D eigenvalue weighted by Gasteiger charge is 2.38. The molecular weight excluding hydrogens is 232 g/mol. The van der Waals surface area contributed by atoms with E-state index in [-0.39, 0.29) is 18.5 Å². The van der Waals surface area contributed by atoms with Gasteiger partial charge in [0.05, 0.1) is 12.0 Å². The van der Waals surface area contributed by atoms with Crippen molar-refractivity contribution in [2.75, 3.05) is 0 Å². The quantitative estimate of drug-likeness (QED) is 0.701. The number of nitrogens with one attached hydrogen (secondary N) is 2. The first kappa shape index (κ1) is 13.2. The van der Waals surface area contributed by atoms with Crippen LogP contribution in [-0.4, -0.2) is 28.7 Å². The lowest BCUT2D eigenvalue weighted by molar-refractivity contribution is -0.138. The Labute approximate surface area is 107 Å². The van der Waals surface area contributed by atoms with Gasteiger partial charge in [-0.15, -0.1) is 0 Å². The molecule has 102 valence electrons. The Morgan fingerprint density at radius 1 is 1.33 bits per heavy atom. The molecule has 2 aliphatic carbocycles. The molecule has 2 fully saturated rings. The molecule has 0 bridgehead atoms. The first-order chi connectivity index (χ1) is 8.51. The average molecular weight is 254 g/mol. The van der Waals surface area contributed by atoms with Crippen LogP contribution in [0.1, 0.15) is 51.9 Å². The first-order valence-electron chi connectivity index (χ1n) is 6.81. The second kappa shape index (κ2) is 5.16. The Hall–Kier alpha value is -1.26. The zero-order valence-electron chi connectivity index (χ0n) is 10.9. The third-order valence-corrected chi connectivity index (χ3v) is 4.12. The van der Waals surface area contributed by atoms with Crippen molar-refractivity contribution in [1.29, 1.82) is 0 Å². The molecule has 18 heavy (non-hydrogen) atoms. The van der Waals surface area contributed by atoms with Crippen LogP contribution in [-0.2, 0) is 4.79 Å². The summed E-state index contributed by atoms with van der Waals surface area (Å²) in [4.78, 5) is 22.8. The number of carboxylic acids is 1. The van der Waals surface area contributed by atoms with Crippen LogP contribution < -0.4 is 10.6 Å². The highest BCUT2D eigenvalue weighted by molar-refractivity contribution is 5.77. The molecule has 3 N–H and O–H groups in total. The Bertz CT molecular complexity index is 333. The van der Waals surface area contributed by atoms with Gasteiger partial charge in [0, 0.05) is 6.04 Å². The second-order valence-corrected chi connectivity index (χ2v) is 5.78. The Morgan fingerprint density at radius 3 is 2.44 bits per heavy atom. The van der Waals surface area contributed by atoms with E-state index in [9.17, 15) is 9.59 Å². The number of hydrogen-bond acceptors (Lipinski definition) is 2. The van der Waals surface area contributed by atoms with E-state index < -0.39 is 11.5 Å². The van der Waals surface area contributed by atoms with Gasteiger partial charge >= 0.3 is 12.0 Å². The van der Waals surface area contributed by atoms with Crippen LogP contribution in [0.2, 0.25) is 0 Å². The molecular formula is C13H22N2O3. The summed E-state index contributed by atoms with van der Waals surface area (Å²) in [5.41, 5.74) is -0.529. The van der Waals surface area contributed by atoms with Gasteiger partial charge in [-0.05, 0) is 38.5 Å². The van der Waals surface area contributed by atoms with Gasteiger partial charge in [-0.2, -0.15) is 0 Å². The van der Waals surface area contributed by atoms with Crippen molar-refractivity contribution < 1.29 is 14.7 Å². The fourth-order valence-electron chi connectivity index (χ4n) is 2.89. The van der Waals surface area contributed by atoms with Gasteiger partial charge in [-0.25, -0.2) is 4.79 Å². The predicted octanol–water partition coefficient (Wildman–Crippen LogP) is 1.87. The highest BCUT2D eigenvalue weighted by atomic mass is 16.4. The number of rotatable bonds is 5. The summed E-state index contributed by atoms with van der Waals surface area (Å²) in [5, 5.41) is 14.8. The van der Waals surface area contributed by atoms with Crippen LogP contribution in [0.5, 0.6) is 0 Å². The third-order valence-electron chi connectivity index (χ3n) is 4.12. The molecule has 2 aliphatic rings. The molecule has 0 aromatic carbocycles. The molecule has 1 unspecified atom stereocenters. The summed E-state index contributed by atoms with van der Waals surface area (Å²) in [6, 6.07) is -0.0224. The fraction of sp³-hybridized carbons (Fsp3) is 0.846. The summed E-state index contributed by atoms with van der Waals surface area (Å²) in [7, 11) is 0. The number of carbonyl (C=O) groups is 2. The van der Waals surface area contributed by atoms with Gasteiger partial charge in [-0.1, -0.05) is 12.8 Å². The molecule has 0 spiro atoms. The van der Waals surface area contributed by atoms with Gasteiger partial charge in [-0.3, -0.25) is 4.79 Å². The number of urea groups is 1. The number of carbonyl (C=O) groups excluding carboxylic acids is 1. The minimum atomic E-state index is -0.840. The molecule has 0 heterocycles. The van der Waals surface area contributed by atoms with Crippen molar-refractivity contribution in [3.05, 3.63) is 0 Å². The van der Waals surface area contributed by atoms with Crippen molar-refractivity contribution in [2.24, 2.45) is 5.92 Å². The molecule has 5 nitrogen and oxygen atoms in total. The van der Waals surface area contributed by atoms with E-state index in [1.54, 1.807) is 0 Å². The van der Waals surface area contributed by atoms with E-state index in [1.807, 2.05) is 6.92 Å². The van der Waals surface area contributed by atoms with E-state index in [4.69, 9.17) is 5.11 Å². The minimum absolute atomic E-state index is 0.0260. The molecule has 0 aliphatic heterocycles. The smallest absolute Gasteiger partial charge is 0.315 e. The summed E-state index contributed by atoms with van der Waals surface area (Å²) < 4.78 is 0. The normalized spacial score (nSPS) is 23.4. The molecule has 0 aromatic rings. The molecule has 2 rings (SSSR count). The molecule has 0 radical (unpaired) electrons. The summed E-state index contributed by atoms with van der Waals surface area (Å²) in [6.45, 7) is 2.01. The maximum absolute atomic E-state index is 11.9. The van der Waals surface area contributed by atoms with E-state index in [0.717, 1.165) is 25.7 Å². The SMILES string of the molecule is CC(NC(=O)NC1(CC(=O)O)CCCC1)C1CC1. The predicted molar refractivity (Wildman–Crippen MR) is 67.3 cm³/mol. The van der Waals surface area contributed by atoms with Crippen molar-refractivity contribution in [3.63, 3.8) is 0 Å². The number of hydrogen-bond donors (Lipinski definition) is 3. The number of aliphatic carboxylic acids is 1. The van der Waals surface area contributed by atoms with Crippen LogP contribution in [0.25, 0.3) is 0 Å². The summed E-state index contributed by atoms with van der Waals surface area (Å²) in [5.74, 6) is -0.234. The lowest BCUT2D eigenvalue weighted by atomic mass is 9.93. The van der Waals surface area contributed by atoms with E-state index >= 15 is 0 Å². The van der Waals surface area contributed by atoms with Crippen molar-refractivity contribution in [3.8, 4) is 0 Å².